The number of rotatable bonds is 2. The molecule has 0 aliphatic heterocycles. The molecule has 0 unspecified atom stereocenters. The van der Waals surface area contributed by atoms with Crippen molar-refractivity contribution in [3.05, 3.63) is 48.3 Å². The highest BCUT2D eigenvalue weighted by molar-refractivity contribution is 5.73. The first kappa shape index (κ1) is 10.5. The Bertz CT molecular complexity index is 545. The predicted molar refractivity (Wildman–Crippen MR) is 69.7 cm³/mol. The Morgan fingerprint density at radius 2 is 2.06 bits per heavy atom. The zero-order chi connectivity index (χ0) is 11.5. The Morgan fingerprint density at radius 3 is 2.88 bits per heavy atom. The lowest BCUT2D eigenvalue weighted by molar-refractivity contribution is 0.533. The Labute approximate surface area is 101 Å². The number of allylic oxidation sites excluding steroid dienone is 2. The third-order valence-electron chi connectivity index (χ3n) is 3.32. The molecule has 0 amide bonds. The van der Waals surface area contributed by atoms with Crippen LogP contribution >= 0.6 is 0 Å². The summed E-state index contributed by atoms with van der Waals surface area (Å²) in [5.41, 5.74) is 3.10. The van der Waals surface area contributed by atoms with E-state index in [1.807, 2.05) is 30.5 Å². The van der Waals surface area contributed by atoms with Crippen LogP contribution in [0.15, 0.2) is 42.6 Å². The largest absolute Gasteiger partial charge is 0.253 e. The number of nitrogens with zero attached hydrogens (tertiary/aromatic N) is 2. The molecular formula is C15H16N2. The fraction of sp³-hybridized carbons (Fsp3) is 0.333. The van der Waals surface area contributed by atoms with E-state index in [0.717, 1.165) is 23.1 Å². The van der Waals surface area contributed by atoms with E-state index in [1.165, 1.54) is 19.3 Å². The van der Waals surface area contributed by atoms with Crippen LogP contribution in [0.1, 0.15) is 25.0 Å². The number of benzene rings is 1. The summed E-state index contributed by atoms with van der Waals surface area (Å²) in [5, 5.41) is 0. The summed E-state index contributed by atoms with van der Waals surface area (Å²) in [4.78, 5) is 9.13. The number of aromatic nitrogens is 2. The summed E-state index contributed by atoms with van der Waals surface area (Å²) in [6, 6.07) is 8.05. The lowest BCUT2D eigenvalue weighted by Gasteiger charge is -2.15. The van der Waals surface area contributed by atoms with Gasteiger partial charge in [-0.1, -0.05) is 24.3 Å². The molecule has 0 saturated carbocycles. The van der Waals surface area contributed by atoms with Crippen LogP contribution in [0.25, 0.3) is 11.0 Å². The minimum absolute atomic E-state index is 0.652. The molecular weight excluding hydrogens is 208 g/mol. The van der Waals surface area contributed by atoms with Crippen LogP contribution in [0.5, 0.6) is 0 Å². The molecule has 0 bridgehead atoms. The van der Waals surface area contributed by atoms with Gasteiger partial charge in [0.25, 0.3) is 0 Å². The quantitative estimate of drug-likeness (QED) is 0.729. The molecule has 1 heterocycles. The van der Waals surface area contributed by atoms with E-state index in [4.69, 9.17) is 0 Å². The molecule has 1 aliphatic rings. The van der Waals surface area contributed by atoms with E-state index < -0.39 is 0 Å². The van der Waals surface area contributed by atoms with Gasteiger partial charge in [0.15, 0.2) is 0 Å². The van der Waals surface area contributed by atoms with Crippen LogP contribution in [-0.4, -0.2) is 9.97 Å². The lowest BCUT2D eigenvalue weighted by atomic mass is 9.92. The fourth-order valence-electron chi connectivity index (χ4n) is 2.42. The van der Waals surface area contributed by atoms with Crippen LogP contribution in [0.3, 0.4) is 0 Å². The maximum atomic E-state index is 4.67. The van der Waals surface area contributed by atoms with Crippen molar-refractivity contribution in [2.75, 3.05) is 0 Å². The summed E-state index contributed by atoms with van der Waals surface area (Å²) in [5.74, 6) is 0.652. The molecule has 0 radical (unpaired) electrons. The van der Waals surface area contributed by atoms with Crippen molar-refractivity contribution in [2.45, 2.75) is 25.7 Å². The molecule has 17 heavy (non-hydrogen) atoms. The predicted octanol–water partition coefficient (Wildman–Crippen LogP) is 3.53. The average molecular weight is 224 g/mol. The topological polar surface area (TPSA) is 25.8 Å². The number of fused-ring (bicyclic) bond motifs is 1. The zero-order valence-corrected chi connectivity index (χ0v) is 9.84. The standard InChI is InChI=1S/C15H16N2/c1-2-6-12(7-3-1)10-13-11-16-14-8-4-5-9-15(14)17-13/h2,4-6,8-9,11-12H,1,3,7,10H2/t12-/m0/s1. The van der Waals surface area contributed by atoms with E-state index in [-0.39, 0.29) is 0 Å². The molecule has 86 valence electrons. The molecule has 2 aromatic rings. The van der Waals surface area contributed by atoms with Gasteiger partial charge < -0.3 is 0 Å². The highest BCUT2D eigenvalue weighted by Gasteiger charge is 2.10. The highest BCUT2D eigenvalue weighted by Crippen LogP contribution is 2.21. The van der Waals surface area contributed by atoms with Gasteiger partial charge in [-0.15, -0.1) is 0 Å². The molecule has 0 fully saturated rings. The first-order chi connectivity index (χ1) is 8.42. The first-order valence-corrected chi connectivity index (χ1v) is 6.29. The van der Waals surface area contributed by atoms with Crippen LogP contribution < -0.4 is 0 Å². The third kappa shape index (κ3) is 2.36. The summed E-state index contributed by atoms with van der Waals surface area (Å²) in [6.45, 7) is 0. The highest BCUT2D eigenvalue weighted by atomic mass is 14.8. The van der Waals surface area contributed by atoms with Gasteiger partial charge in [0.1, 0.15) is 0 Å². The van der Waals surface area contributed by atoms with Gasteiger partial charge >= 0.3 is 0 Å². The van der Waals surface area contributed by atoms with Gasteiger partial charge in [-0.3, -0.25) is 4.98 Å². The van der Waals surface area contributed by atoms with Crippen LogP contribution in [0, 0.1) is 5.92 Å². The molecule has 1 aromatic carbocycles. The molecule has 0 N–H and O–H groups in total. The minimum Gasteiger partial charge on any atom is -0.253 e. The molecule has 0 spiro atoms. The normalized spacial score (nSPS) is 19.6. The molecule has 1 atom stereocenters. The Balaban J connectivity index is 1.85. The number of hydrogen-bond acceptors (Lipinski definition) is 2. The van der Waals surface area contributed by atoms with E-state index >= 15 is 0 Å². The lowest BCUT2D eigenvalue weighted by Crippen LogP contribution is -2.06. The molecule has 2 heteroatoms. The fourth-order valence-corrected chi connectivity index (χ4v) is 2.42. The van der Waals surface area contributed by atoms with Gasteiger partial charge in [0.05, 0.1) is 16.7 Å². The van der Waals surface area contributed by atoms with Crippen molar-refractivity contribution in [2.24, 2.45) is 5.92 Å². The number of para-hydroxylation sites is 2. The van der Waals surface area contributed by atoms with Gasteiger partial charge in [-0.2, -0.15) is 0 Å². The number of hydrogen-bond donors (Lipinski definition) is 0. The van der Waals surface area contributed by atoms with Gasteiger partial charge in [-0.25, -0.2) is 4.98 Å². The van der Waals surface area contributed by atoms with Crippen molar-refractivity contribution < 1.29 is 0 Å². The second kappa shape index (κ2) is 4.66. The minimum atomic E-state index is 0.652. The molecule has 3 rings (SSSR count). The van der Waals surface area contributed by atoms with E-state index in [0.29, 0.717) is 5.92 Å². The molecule has 0 saturated heterocycles. The Kier molecular flexibility index (Phi) is 2.87. The van der Waals surface area contributed by atoms with Crippen molar-refractivity contribution in [1.82, 2.24) is 9.97 Å². The van der Waals surface area contributed by atoms with Crippen LogP contribution in [0.4, 0.5) is 0 Å². The van der Waals surface area contributed by atoms with E-state index in [2.05, 4.69) is 22.1 Å². The SMILES string of the molecule is C1=C[C@H](Cc2cnc3ccccc3n2)CCC1. The van der Waals surface area contributed by atoms with Crippen molar-refractivity contribution in [3.8, 4) is 0 Å². The summed E-state index contributed by atoms with van der Waals surface area (Å²) in [6.07, 6.45) is 11.4. The summed E-state index contributed by atoms with van der Waals surface area (Å²) in [7, 11) is 0. The maximum absolute atomic E-state index is 4.67. The van der Waals surface area contributed by atoms with Gasteiger partial charge in [0, 0.05) is 6.20 Å². The average Bonchev–Trinajstić information content (AvgIpc) is 2.40. The first-order valence-electron chi connectivity index (χ1n) is 6.29. The monoisotopic (exact) mass is 224 g/mol. The van der Waals surface area contributed by atoms with Crippen molar-refractivity contribution in [3.63, 3.8) is 0 Å². The van der Waals surface area contributed by atoms with Crippen molar-refractivity contribution >= 4 is 11.0 Å². The Morgan fingerprint density at radius 1 is 1.18 bits per heavy atom. The molecule has 1 aliphatic carbocycles. The summed E-state index contributed by atoms with van der Waals surface area (Å²) < 4.78 is 0. The third-order valence-corrected chi connectivity index (χ3v) is 3.32. The molecule has 2 nitrogen and oxygen atoms in total. The van der Waals surface area contributed by atoms with Crippen LogP contribution in [0.2, 0.25) is 0 Å². The molecule has 1 aromatic heterocycles. The van der Waals surface area contributed by atoms with Crippen LogP contribution in [-0.2, 0) is 6.42 Å². The van der Waals surface area contributed by atoms with Gasteiger partial charge in [0.2, 0.25) is 0 Å². The second-order valence-electron chi connectivity index (χ2n) is 4.67. The van der Waals surface area contributed by atoms with Crippen molar-refractivity contribution in [1.29, 1.82) is 0 Å². The van der Waals surface area contributed by atoms with E-state index in [1.54, 1.807) is 0 Å². The van der Waals surface area contributed by atoms with Gasteiger partial charge in [-0.05, 0) is 43.7 Å². The smallest absolute Gasteiger partial charge is 0.0890 e. The summed E-state index contributed by atoms with van der Waals surface area (Å²) >= 11 is 0. The Hall–Kier alpha value is -1.70. The second-order valence-corrected chi connectivity index (χ2v) is 4.67. The maximum Gasteiger partial charge on any atom is 0.0890 e. The zero-order valence-electron chi connectivity index (χ0n) is 9.84. The van der Waals surface area contributed by atoms with E-state index in [9.17, 15) is 0 Å².